The Labute approximate surface area is 130 Å². The predicted molar refractivity (Wildman–Crippen MR) is 84.0 cm³/mol. The van der Waals surface area contributed by atoms with Crippen LogP contribution >= 0.6 is 39.5 Å². The fourth-order valence-corrected chi connectivity index (χ4v) is 2.99. The molecule has 2 amide bonds. The first kappa shape index (κ1) is 16.4. The predicted octanol–water partition coefficient (Wildman–Crippen LogP) is 4.00. The lowest BCUT2D eigenvalue weighted by molar-refractivity contribution is 0.240. The molecule has 0 fully saturated rings. The summed E-state index contributed by atoms with van der Waals surface area (Å²) in [5, 5.41) is -0.0982. The van der Waals surface area contributed by atoms with Gasteiger partial charge in [-0.15, -0.1) is 0 Å². The van der Waals surface area contributed by atoms with E-state index < -0.39 is 0 Å². The highest BCUT2D eigenvalue weighted by molar-refractivity contribution is 9.10. The number of carbonyl (C=O) groups excluding carboxylic acids is 2. The Morgan fingerprint density at radius 1 is 1.00 bits per heavy atom. The van der Waals surface area contributed by atoms with E-state index in [1.807, 2.05) is 18.2 Å². The molecule has 0 heterocycles. The van der Waals surface area contributed by atoms with Gasteiger partial charge in [-0.25, -0.2) is 0 Å². The molecule has 0 unspecified atom stereocenters. The second kappa shape index (κ2) is 7.21. The van der Waals surface area contributed by atoms with E-state index >= 15 is 0 Å². The third-order valence-corrected chi connectivity index (χ3v) is 5.12. The van der Waals surface area contributed by atoms with Gasteiger partial charge in [0.05, 0.1) is 0 Å². The fourth-order valence-electron chi connectivity index (χ4n) is 1.00. The highest BCUT2D eigenvalue weighted by atomic mass is 79.9. The van der Waals surface area contributed by atoms with Crippen molar-refractivity contribution in [3.8, 4) is 0 Å². The van der Waals surface area contributed by atoms with Crippen molar-refractivity contribution in [2.24, 2.45) is 0 Å². The third kappa shape index (κ3) is 5.08. The summed E-state index contributed by atoms with van der Waals surface area (Å²) in [7, 11) is 6.83. The van der Waals surface area contributed by atoms with Gasteiger partial charge in [-0.1, -0.05) is 0 Å². The van der Waals surface area contributed by atoms with Crippen molar-refractivity contribution < 1.29 is 9.59 Å². The number of halogens is 1. The van der Waals surface area contributed by atoms with E-state index in [1.54, 1.807) is 28.2 Å². The fraction of sp³-hybridized carbons (Fsp3) is 0.333. The number of benzene rings is 1. The van der Waals surface area contributed by atoms with E-state index in [-0.39, 0.29) is 10.5 Å². The minimum atomic E-state index is -0.0539. The quantitative estimate of drug-likeness (QED) is 0.745. The van der Waals surface area contributed by atoms with Crippen molar-refractivity contribution in [2.45, 2.75) is 9.79 Å². The molecule has 1 rings (SSSR count). The molecule has 0 spiro atoms. The molecule has 0 atom stereocenters. The van der Waals surface area contributed by atoms with Crippen LogP contribution in [0.2, 0.25) is 0 Å². The molecule has 0 bridgehead atoms. The van der Waals surface area contributed by atoms with Gasteiger partial charge in [-0.3, -0.25) is 9.59 Å². The molecule has 0 aliphatic heterocycles. The highest BCUT2D eigenvalue weighted by Gasteiger charge is 2.13. The monoisotopic (exact) mass is 362 g/mol. The molecule has 4 nitrogen and oxygen atoms in total. The zero-order chi connectivity index (χ0) is 14.6. The smallest absolute Gasteiger partial charge is 0.285 e. The lowest BCUT2D eigenvalue weighted by Gasteiger charge is -2.12. The van der Waals surface area contributed by atoms with Gasteiger partial charge in [-0.05, 0) is 57.7 Å². The number of hydrogen-bond acceptors (Lipinski definition) is 4. The molecule has 0 N–H and O–H groups in total. The Balaban J connectivity index is 2.88. The number of hydrogen-bond donors (Lipinski definition) is 0. The number of nitrogens with zero attached hydrogens (tertiary/aromatic N) is 2. The molecule has 1 aromatic carbocycles. The summed E-state index contributed by atoms with van der Waals surface area (Å²) >= 11 is 5.67. The molecular weight excluding hydrogens is 348 g/mol. The average molecular weight is 363 g/mol. The molecule has 0 aliphatic carbocycles. The van der Waals surface area contributed by atoms with Crippen LogP contribution < -0.4 is 0 Å². The van der Waals surface area contributed by atoms with Crippen molar-refractivity contribution in [1.82, 2.24) is 9.80 Å². The molecular formula is C12H15BrN2O2S2. The first-order valence-corrected chi connectivity index (χ1v) is 7.81. The van der Waals surface area contributed by atoms with Crippen LogP contribution in [0.4, 0.5) is 9.59 Å². The average Bonchev–Trinajstić information content (AvgIpc) is 2.32. The number of thioether (sulfide) groups is 2. The van der Waals surface area contributed by atoms with Gasteiger partial charge in [0.1, 0.15) is 0 Å². The minimum Gasteiger partial charge on any atom is -0.339 e. The molecule has 0 aliphatic rings. The molecule has 0 aromatic heterocycles. The minimum absolute atomic E-state index is 0.0443. The Bertz CT molecular complexity index is 493. The van der Waals surface area contributed by atoms with Crippen molar-refractivity contribution in [3.05, 3.63) is 22.7 Å². The summed E-state index contributed by atoms with van der Waals surface area (Å²) < 4.78 is 0.842. The standard InChI is InChI=1S/C12H15BrN2O2S2/c1-14(2)11(16)18-8-5-6-9(13)10(7-8)19-12(17)15(3)4/h5-7H,1-4H3. The van der Waals surface area contributed by atoms with Crippen LogP contribution in [-0.2, 0) is 0 Å². The number of amides is 2. The SMILES string of the molecule is CN(C)C(=O)Sc1ccc(Br)c(SC(=O)N(C)C)c1. The molecule has 7 heteroatoms. The van der Waals surface area contributed by atoms with Gasteiger partial charge in [0.2, 0.25) is 0 Å². The number of rotatable bonds is 2. The van der Waals surface area contributed by atoms with Crippen LogP contribution in [0.1, 0.15) is 0 Å². The summed E-state index contributed by atoms with van der Waals surface area (Å²) in [4.78, 5) is 28.0. The summed E-state index contributed by atoms with van der Waals surface area (Å²) in [6, 6.07) is 5.53. The van der Waals surface area contributed by atoms with Gasteiger partial charge in [0.15, 0.2) is 0 Å². The molecule has 0 saturated carbocycles. The topological polar surface area (TPSA) is 40.6 Å². The lowest BCUT2D eigenvalue weighted by atomic mass is 10.4. The zero-order valence-electron chi connectivity index (χ0n) is 11.1. The van der Waals surface area contributed by atoms with Crippen LogP contribution in [0, 0.1) is 0 Å². The Morgan fingerprint density at radius 3 is 2.05 bits per heavy atom. The maximum Gasteiger partial charge on any atom is 0.285 e. The number of carbonyl (C=O) groups is 2. The summed E-state index contributed by atoms with van der Waals surface area (Å²) in [6.07, 6.45) is 0. The first-order chi connectivity index (χ1) is 8.81. The maximum absolute atomic E-state index is 11.7. The zero-order valence-corrected chi connectivity index (χ0v) is 14.4. The van der Waals surface area contributed by atoms with E-state index in [9.17, 15) is 9.59 Å². The second-order valence-corrected chi connectivity index (χ2v) is 6.99. The van der Waals surface area contributed by atoms with Crippen LogP contribution in [0.3, 0.4) is 0 Å². The van der Waals surface area contributed by atoms with Gasteiger partial charge in [-0.2, -0.15) is 0 Å². The van der Waals surface area contributed by atoms with Crippen LogP contribution in [0.15, 0.2) is 32.5 Å². The van der Waals surface area contributed by atoms with Crippen molar-refractivity contribution >= 4 is 49.9 Å². The summed E-state index contributed by atoms with van der Waals surface area (Å²) in [6.45, 7) is 0. The first-order valence-electron chi connectivity index (χ1n) is 5.39. The van der Waals surface area contributed by atoms with Crippen molar-refractivity contribution in [3.63, 3.8) is 0 Å². The molecule has 104 valence electrons. The van der Waals surface area contributed by atoms with E-state index in [0.717, 1.165) is 37.8 Å². The van der Waals surface area contributed by atoms with E-state index in [2.05, 4.69) is 15.9 Å². The van der Waals surface area contributed by atoms with E-state index in [1.165, 1.54) is 9.80 Å². The summed E-state index contributed by atoms with van der Waals surface area (Å²) in [5.74, 6) is 0. The van der Waals surface area contributed by atoms with Gasteiger partial charge in [0.25, 0.3) is 10.5 Å². The molecule has 0 saturated heterocycles. The van der Waals surface area contributed by atoms with Crippen LogP contribution in [0.5, 0.6) is 0 Å². The Kier molecular flexibility index (Phi) is 6.22. The lowest BCUT2D eigenvalue weighted by Crippen LogP contribution is -2.16. The molecule has 19 heavy (non-hydrogen) atoms. The highest BCUT2D eigenvalue weighted by Crippen LogP contribution is 2.33. The largest absolute Gasteiger partial charge is 0.339 e. The molecule has 1 aromatic rings. The van der Waals surface area contributed by atoms with E-state index in [0.29, 0.717) is 0 Å². The summed E-state index contributed by atoms with van der Waals surface area (Å²) in [5.41, 5.74) is 0. The van der Waals surface area contributed by atoms with Gasteiger partial charge in [0, 0.05) is 42.5 Å². The maximum atomic E-state index is 11.7. The normalized spacial score (nSPS) is 10.2. The van der Waals surface area contributed by atoms with E-state index in [4.69, 9.17) is 0 Å². The Morgan fingerprint density at radius 2 is 1.53 bits per heavy atom. The Hall–Kier alpha value is -0.660. The van der Waals surface area contributed by atoms with Crippen molar-refractivity contribution in [2.75, 3.05) is 28.2 Å². The second-order valence-electron chi connectivity index (χ2n) is 4.12. The van der Waals surface area contributed by atoms with Crippen molar-refractivity contribution in [1.29, 1.82) is 0 Å². The van der Waals surface area contributed by atoms with Crippen LogP contribution in [0.25, 0.3) is 0 Å². The van der Waals surface area contributed by atoms with Gasteiger partial charge >= 0.3 is 0 Å². The van der Waals surface area contributed by atoms with Crippen LogP contribution in [-0.4, -0.2) is 48.5 Å². The van der Waals surface area contributed by atoms with Gasteiger partial charge < -0.3 is 9.80 Å². The third-order valence-electron chi connectivity index (χ3n) is 2.04. The molecule has 0 radical (unpaired) electrons.